The molecule has 0 spiro atoms. The fourth-order valence-corrected chi connectivity index (χ4v) is 0.315. The van der Waals surface area contributed by atoms with Gasteiger partial charge in [-0.15, -0.1) is 0 Å². The summed E-state index contributed by atoms with van der Waals surface area (Å²) in [5, 5.41) is 4.78. The molecule has 13 heavy (non-hydrogen) atoms. The van der Waals surface area contributed by atoms with Crippen LogP contribution in [0, 0.1) is 0 Å². The minimum absolute atomic E-state index is 0.0972. The Hall–Kier alpha value is -1.58. The van der Waals surface area contributed by atoms with Gasteiger partial charge >= 0.3 is 0 Å². The molecule has 0 aromatic heterocycles. The molecule has 0 aromatic carbocycles. The first-order valence-corrected chi connectivity index (χ1v) is 3.71. The third-order valence-corrected chi connectivity index (χ3v) is 1.05. The predicted molar refractivity (Wildman–Crippen MR) is 53.1 cm³/mol. The average molecular weight is 184 g/mol. The summed E-state index contributed by atoms with van der Waals surface area (Å²) in [6, 6.07) is 0. The van der Waals surface area contributed by atoms with E-state index < -0.39 is 0 Å². The monoisotopic (exact) mass is 184 g/mol. The van der Waals surface area contributed by atoms with Crippen molar-refractivity contribution in [3.63, 3.8) is 0 Å². The SMILES string of the molecule is C=C(C)C(=O)NC.C=CC(=O)NC. The van der Waals surface area contributed by atoms with Crippen LogP contribution in [-0.4, -0.2) is 25.9 Å². The van der Waals surface area contributed by atoms with E-state index in [1.54, 1.807) is 21.0 Å². The first-order valence-electron chi connectivity index (χ1n) is 3.71. The zero-order chi connectivity index (χ0) is 10.9. The van der Waals surface area contributed by atoms with E-state index in [0.717, 1.165) is 0 Å². The summed E-state index contributed by atoms with van der Waals surface area (Å²) < 4.78 is 0. The summed E-state index contributed by atoms with van der Waals surface area (Å²) in [6.45, 7) is 8.30. The lowest BCUT2D eigenvalue weighted by Crippen LogP contribution is -2.17. The Bertz CT molecular complexity index is 210. The Morgan fingerprint density at radius 2 is 1.69 bits per heavy atom. The van der Waals surface area contributed by atoms with Gasteiger partial charge in [-0.05, 0) is 13.0 Å². The Labute approximate surface area is 78.7 Å². The fourth-order valence-electron chi connectivity index (χ4n) is 0.315. The molecule has 0 unspecified atom stereocenters. The molecule has 4 heteroatoms. The highest BCUT2D eigenvalue weighted by atomic mass is 16.2. The van der Waals surface area contributed by atoms with Crippen LogP contribution in [0.2, 0.25) is 0 Å². The van der Waals surface area contributed by atoms with Crippen molar-refractivity contribution in [1.82, 2.24) is 10.6 Å². The van der Waals surface area contributed by atoms with Gasteiger partial charge in [0.05, 0.1) is 0 Å². The molecule has 0 atom stereocenters. The minimum atomic E-state index is -0.144. The molecule has 0 aliphatic rings. The Morgan fingerprint density at radius 1 is 1.23 bits per heavy atom. The Morgan fingerprint density at radius 3 is 1.69 bits per heavy atom. The molecule has 0 bridgehead atoms. The van der Waals surface area contributed by atoms with Gasteiger partial charge in [-0.1, -0.05) is 13.2 Å². The lowest BCUT2D eigenvalue weighted by Gasteiger charge is -1.91. The maximum absolute atomic E-state index is 10.3. The van der Waals surface area contributed by atoms with Crippen LogP contribution in [-0.2, 0) is 9.59 Å². The fraction of sp³-hybridized carbons (Fsp3) is 0.333. The van der Waals surface area contributed by atoms with Crippen molar-refractivity contribution in [3.8, 4) is 0 Å². The first-order chi connectivity index (χ1) is 5.99. The number of hydrogen-bond donors (Lipinski definition) is 2. The molecule has 0 saturated heterocycles. The van der Waals surface area contributed by atoms with Gasteiger partial charge in [0.25, 0.3) is 0 Å². The van der Waals surface area contributed by atoms with E-state index in [4.69, 9.17) is 0 Å². The van der Waals surface area contributed by atoms with Crippen LogP contribution >= 0.6 is 0 Å². The van der Waals surface area contributed by atoms with Crippen molar-refractivity contribution in [3.05, 3.63) is 24.8 Å². The molecule has 0 fully saturated rings. The van der Waals surface area contributed by atoms with Crippen LogP contribution in [0.15, 0.2) is 24.8 Å². The summed E-state index contributed by atoms with van der Waals surface area (Å²) in [5.74, 6) is -0.241. The standard InChI is InChI=1S/C5H9NO.C4H7NO/c1-4(2)5(7)6-3;1-3-4(6)5-2/h1H2,2-3H3,(H,6,7);3H,1H2,2H3,(H,5,6). The smallest absolute Gasteiger partial charge is 0.246 e. The van der Waals surface area contributed by atoms with Gasteiger partial charge in [0, 0.05) is 19.7 Å². The van der Waals surface area contributed by atoms with Crippen LogP contribution in [0.5, 0.6) is 0 Å². The van der Waals surface area contributed by atoms with E-state index in [2.05, 4.69) is 23.8 Å². The van der Waals surface area contributed by atoms with Gasteiger partial charge < -0.3 is 10.6 Å². The summed E-state index contributed by atoms with van der Waals surface area (Å²) in [4.78, 5) is 20.3. The molecule has 0 aliphatic heterocycles. The lowest BCUT2D eigenvalue weighted by atomic mass is 10.3. The highest BCUT2D eigenvalue weighted by molar-refractivity contribution is 5.91. The van der Waals surface area contributed by atoms with Crippen LogP contribution in [0.3, 0.4) is 0 Å². The zero-order valence-corrected chi connectivity index (χ0v) is 8.31. The maximum Gasteiger partial charge on any atom is 0.246 e. The van der Waals surface area contributed by atoms with Gasteiger partial charge in [0.15, 0.2) is 0 Å². The van der Waals surface area contributed by atoms with E-state index in [-0.39, 0.29) is 11.8 Å². The number of nitrogens with one attached hydrogen (secondary N) is 2. The van der Waals surface area contributed by atoms with Crippen molar-refractivity contribution in [2.75, 3.05) is 14.1 Å². The summed E-state index contributed by atoms with van der Waals surface area (Å²) in [7, 11) is 3.14. The third-order valence-electron chi connectivity index (χ3n) is 1.05. The summed E-state index contributed by atoms with van der Waals surface area (Å²) in [5.41, 5.74) is 0.544. The molecule has 0 aliphatic carbocycles. The van der Waals surface area contributed by atoms with Gasteiger partial charge in [-0.2, -0.15) is 0 Å². The summed E-state index contributed by atoms with van der Waals surface area (Å²) in [6.07, 6.45) is 1.22. The van der Waals surface area contributed by atoms with Crippen LogP contribution in [0.4, 0.5) is 0 Å². The average Bonchev–Trinajstić information content (AvgIpc) is 2.16. The molecule has 0 saturated carbocycles. The second-order valence-electron chi connectivity index (χ2n) is 2.18. The number of amides is 2. The highest BCUT2D eigenvalue weighted by Crippen LogP contribution is 1.81. The number of carbonyl (C=O) groups excluding carboxylic acids is 2. The van der Waals surface area contributed by atoms with Gasteiger partial charge in [-0.25, -0.2) is 0 Å². The molecule has 2 amide bonds. The topological polar surface area (TPSA) is 58.2 Å². The second kappa shape index (κ2) is 8.52. The van der Waals surface area contributed by atoms with E-state index in [9.17, 15) is 9.59 Å². The zero-order valence-electron chi connectivity index (χ0n) is 8.31. The summed E-state index contributed by atoms with van der Waals surface area (Å²) >= 11 is 0. The van der Waals surface area contributed by atoms with Crippen molar-refractivity contribution in [2.45, 2.75) is 6.92 Å². The Balaban J connectivity index is 0. The van der Waals surface area contributed by atoms with Gasteiger partial charge in [0.2, 0.25) is 11.8 Å². The minimum Gasteiger partial charge on any atom is -0.356 e. The van der Waals surface area contributed by atoms with Crippen LogP contribution < -0.4 is 10.6 Å². The molecular formula is C9H16N2O2. The van der Waals surface area contributed by atoms with E-state index in [0.29, 0.717) is 5.57 Å². The Kier molecular flexibility index (Phi) is 9.15. The maximum atomic E-state index is 10.3. The van der Waals surface area contributed by atoms with Crippen LogP contribution in [0.25, 0.3) is 0 Å². The second-order valence-corrected chi connectivity index (χ2v) is 2.18. The van der Waals surface area contributed by atoms with Gasteiger partial charge in [-0.3, -0.25) is 9.59 Å². The quantitative estimate of drug-likeness (QED) is 0.603. The number of hydrogen-bond acceptors (Lipinski definition) is 2. The molecule has 0 radical (unpaired) electrons. The van der Waals surface area contributed by atoms with E-state index in [1.807, 2.05) is 0 Å². The van der Waals surface area contributed by atoms with Crippen molar-refractivity contribution in [1.29, 1.82) is 0 Å². The van der Waals surface area contributed by atoms with Gasteiger partial charge in [0.1, 0.15) is 0 Å². The third kappa shape index (κ3) is 10.4. The molecule has 74 valence electrons. The number of rotatable bonds is 2. The molecule has 2 N–H and O–H groups in total. The van der Waals surface area contributed by atoms with E-state index >= 15 is 0 Å². The normalized spacial score (nSPS) is 7.31. The largest absolute Gasteiger partial charge is 0.356 e. The predicted octanol–water partition coefficient (Wildman–Crippen LogP) is 0.227. The molecule has 0 rings (SSSR count). The number of carbonyl (C=O) groups is 2. The first kappa shape index (κ1) is 14.0. The van der Waals surface area contributed by atoms with Crippen LogP contribution in [0.1, 0.15) is 6.92 Å². The van der Waals surface area contributed by atoms with Crippen molar-refractivity contribution in [2.24, 2.45) is 0 Å². The lowest BCUT2D eigenvalue weighted by molar-refractivity contribution is -0.117. The highest BCUT2D eigenvalue weighted by Gasteiger charge is 1.92. The molecular weight excluding hydrogens is 168 g/mol. The molecule has 4 nitrogen and oxygen atoms in total. The van der Waals surface area contributed by atoms with Crippen molar-refractivity contribution >= 4 is 11.8 Å². The number of likely N-dealkylation sites (N-methyl/N-ethyl adjacent to an activating group) is 2. The molecule has 0 heterocycles. The molecule has 0 aromatic rings. The van der Waals surface area contributed by atoms with Crippen molar-refractivity contribution < 1.29 is 9.59 Å². The van der Waals surface area contributed by atoms with E-state index in [1.165, 1.54) is 6.08 Å².